The summed E-state index contributed by atoms with van der Waals surface area (Å²) in [6.07, 6.45) is -2.83. The predicted octanol–water partition coefficient (Wildman–Crippen LogP) is -1.69. The van der Waals surface area contributed by atoms with Crippen LogP contribution in [0.15, 0.2) is 11.5 Å². The molecule has 5 N–H and O–H groups in total. The zero-order valence-electron chi connectivity index (χ0n) is 10.2. The zero-order chi connectivity index (χ0) is 14.4. The van der Waals surface area contributed by atoms with Crippen LogP contribution in [0, 0.1) is 0 Å². The maximum absolute atomic E-state index is 10.0. The molecule has 3 heterocycles. The molecule has 0 spiro atoms. The minimum absolute atomic E-state index is 0.156. The van der Waals surface area contributed by atoms with Gasteiger partial charge < -0.3 is 25.8 Å². The van der Waals surface area contributed by atoms with E-state index in [2.05, 4.69) is 27.6 Å². The van der Waals surface area contributed by atoms with Crippen molar-refractivity contribution < 1.29 is 20.1 Å². The number of anilines is 1. The summed E-state index contributed by atoms with van der Waals surface area (Å²) >= 11 is 4.04. The molecule has 9 nitrogen and oxygen atoms in total. The predicted molar refractivity (Wildman–Crippen MR) is 70.0 cm³/mol. The molecular weight excluding hydrogens is 286 g/mol. The lowest BCUT2D eigenvalue weighted by atomic mass is 10.1. The Balaban J connectivity index is 2.07. The largest absolute Gasteiger partial charge is 0.394 e. The SMILES string of the molecule is Nc1nc(S)nc2c1ncn2[C@@H]1O[C@H](CO)[C@@H](O)[C@H]1O. The third-order valence-electron chi connectivity index (χ3n) is 3.23. The van der Waals surface area contributed by atoms with Crippen LogP contribution in [0.5, 0.6) is 0 Å². The summed E-state index contributed by atoms with van der Waals surface area (Å²) in [6, 6.07) is 0. The van der Waals surface area contributed by atoms with E-state index in [-0.39, 0.29) is 11.0 Å². The average molecular weight is 299 g/mol. The number of fused-ring (bicyclic) bond motifs is 1. The number of hydrogen-bond acceptors (Lipinski definition) is 9. The fourth-order valence-electron chi connectivity index (χ4n) is 2.22. The number of aliphatic hydroxyl groups excluding tert-OH is 3. The molecule has 2 aromatic heterocycles. The van der Waals surface area contributed by atoms with E-state index in [1.54, 1.807) is 0 Å². The molecule has 0 radical (unpaired) electrons. The molecule has 1 saturated heterocycles. The molecule has 0 aromatic carbocycles. The lowest BCUT2D eigenvalue weighted by Crippen LogP contribution is -2.33. The molecule has 0 unspecified atom stereocenters. The number of rotatable bonds is 2. The lowest BCUT2D eigenvalue weighted by molar-refractivity contribution is -0.0511. The van der Waals surface area contributed by atoms with Gasteiger partial charge in [0.05, 0.1) is 12.9 Å². The molecule has 20 heavy (non-hydrogen) atoms. The van der Waals surface area contributed by atoms with E-state index in [1.165, 1.54) is 10.9 Å². The van der Waals surface area contributed by atoms with Gasteiger partial charge in [-0.1, -0.05) is 0 Å². The van der Waals surface area contributed by atoms with E-state index in [9.17, 15) is 10.2 Å². The lowest BCUT2D eigenvalue weighted by Gasteiger charge is -2.16. The molecule has 10 heteroatoms. The van der Waals surface area contributed by atoms with Gasteiger partial charge in [0.25, 0.3) is 0 Å². The van der Waals surface area contributed by atoms with Crippen molar-refractivity contribution in [3.63, 3.8) is 0 Å². The molecule has 108 valence electrons. The van der Waals surface area contributed by atoms with E-state index in [1.807, 2.05) is 0 Å². The first kappa shape index (κ1) is 13.5. The Kier molecular flexibility index (Phi) is 3.26. The quantitative estimate of drug-likeness (QED) is 0.327. The smallest absolute Gasteiger partial charge is 0.188 e. The van der Waals surface area contributed by atoms with Gasteiger partial charge in [0.2, 0.25) is 0 Å². The van der Waals surface area contributed by atoms with Crippen LogP contribution in [0.2, 0.25) is 0 Å². The number of nitrogen functional groups attached to an aromatic ring is 1. The molecule has 4 atom stereocenters. The molecule has 1 fully saturated rings. The normalized spacial score (nSPS) is 30.2. The fourth-order valence-corrected chi connectivity index (χ4v) is 2.42. The Morgan fingerprint density at radius 3 is 2.75 bits per heavy atom. The van der Waals surface area contributed by atoms with Crippen LogP contribution in [0.25, 0.3) is 11.2 Å². The Morgan fingerprint density at radius 2 is 2.10 bits per heavy atom. The number of aliphatic hydroxyl groups is 3. The van der Waals surface area contributed by atoms with Crippen molar-refractivity contribution >= 4 is 29.6 Å². The first-order valence-corrected chi connectivity index (χ1v) is 6.29. The second-order valence-corrected chi connectivity index (χ2v) is 4.86. The monoisotopic (exact) mass is 299 g/mol. The Morgan fingerprint density at radius 1 is 1.35 bits per heavy atom. The summed E-state index contributed by atoms with van der Waals surface area (Å²) in [5.74, 6) is 0.158. The van der Waals surface area contributed by atoms with E-state index < -0.39 is 31.1 Å². The van der Waals surface area contributed by atoms with Gasteiger partial charge in [-0.15, -0.1) is 12.6 Å². The van der Waals surface area contributed by atoms with Crippen molar-refractivity contribution in [1.29, 1.82) is 0 Å². The van der Waals surface area contributed by atoms with Crippen molar-refractivity contribution in [2.75, 3.05) is 12.3 Å². The van der Waals surface area contributed by atoms with Crippen molar-refractivity contribution in [3.8, 4) is 0 Å². The first-order valence-electron chi connectivity index (χ1n) is 5.84. The summed E-state index contributed by atoms with van der Waals surface area (Å²) in [4.78, 5) is 12.0. The van der Waals surface area contributed by atoms with Crippen molar-refractivity contribution in [1.82, 2.24) is 19.5 Å². The van der Waals surface area contributed by atoms with Gasteiger partial charge in [-0.05, 0) is 0 Å². The molecule has 1 aliphatic heterocycles. The Labute approximate surface area is 118 Å². The molecular formula is C10H13N5O4S. The molecule has 1 aliphatic rings. The molecule has 3 rings (SSSR count). The zero-order valence-corrected chi connectivity index (χ0v) is 11.1. The molecule has 0 amide bonds. The van der Waals surface area contributed by atoms with Gasteiger partial charge in [-0.2, -0.15) is 0 Å². The molecule has 0 bridgehead atoms. The highest BCUT2D eigenvalue weighted by Gasteiger charge is 2.44. The summed E-state index contributed by atoms with van der Waals surface area (Å²) in [7, 11) is 0. The van der Waals surface area contributed by atoms with Crippen LogP contribution >= 0.6 is 12.6 Å². The number of aromatic nitrogens is 4. The van der Waals surface area contributed by atoms with Crippen LogP contribution in [0.4, 0.5) is 5.82 Å². The highest BCUT2D eigenvalue weighted by Crippen LogP contribution is 2.32. The highest BCUT2D eigenvalue weighted by atomic mass is 32.1. The summed E-state index contributed by atoms with van der Waals surface area (Å²) in [5.41, 5.74) is 6.39. The minimum Gasteiger partial charge on any atom is -0.394 e. The van der Waals surface area contributed by atoms with Crippen LogP contribution in [-0.4, -0.2) is 59.8 Å². The van der Waals surface area contributed by atoms with Crippen molar-refractivity contribution in [2.24, 2.45) is 0 Å². The number of nitrogens with two attached hydrogens (primary N) is 1. The number of imidazole rings is 1. The fraction of sp³-hybridized carbons (Fsp3) is 0.500. The second-order valence-electron chi connectivity index (χ2n) is 4.46. The van der Waals surface area contributed by atoms with E-state index in [4.69, 9.17) is 15.6 Å². The average Bonchev–Trinajstić information content (AvgIpc) is 2.93. The van der Waals surface area contributed by atoms with Crippen molar-refractivity contribution in [2.45, 2.75) is 29.7 Å². The molecule has 0 aliphatic carbocycles. The maximum atomic E-state index is 10.0. The van der Waals surface area contributed by atoms with E-state index in [0.29, 0.717) is 11.2 Å². The van der Waals surface area contributed by atoms with Gasteiger partial charge in [-0.3, -0.25) is 4.57 Å². The summed E-state index contributed by atoms with van der Waals surface area (Å²) < 4.78 is 6.84. The van der Waals surface area contributed by atoms with Crippen molar-refractivity contribution in [3.05, 3.63) is 6.33 Å². The highest BCUT2D eigenvalue weighted by molar-refractivity contribution is 7.80. The standard InChI is InChI=1S/C10H13N5O4S/c11-7-4-8(14-10(20)13-7)15(2-12-4)9-6(18)5(17)3(1-16)19-9/h2-3,5-6,9,16-18H,1H2,(H3,11,13,14,20)/t3-,5-,6-,9-/m1/s1. The summed E-state index contributed by atoms with van der Waals surface area (Å²) in [6.45, 7) is -0.406. The second kappa shape index (κ2) is 4.82. The van der Waals surface area contributed by atoms with Gasteiger partial charge in [0.15, 0.2) is 22.8 Å². The van der Waals surface area contributed by atoms with Gasteiger partial charge in [-0.25, -0.2) is 15.0 Å². The van der Waals surface area contributed by atoms with Gasteiger partial charge in [0.1, 0.15) is 23.8 Å². The number of hydrogen-bond donors (Lipinski definition) is 5. The Bertz CT molecular complexity index is 650. The van der Waals surface area contributed by atoms with Crippen LogP contribution in [0.3, 0.4) is 0 Å². The minimum atomic E-state index is -1.22. The number of thiol groups is 1. The molecule has 0 saturated carbocycles. The Hall–Kier alpha value is -1.46. The van der Waals surface area contributed by atoms with E-state index in [0.717, 1.165) is 0 Å². The van der Waals surface area contributed by atoms with E-state index >= 15 is 0 Å². The first-order chi connectivity index (χ1) is 9.52. The van der Waals surface area contributed by atoms with Crippen LogP contribution < -0.4 is 5.73 Å². The molecule has 2 aromatic rings. The number of nitrogens with zero attached hydrogens (tertiary/aromatic N) is 4. The van der Waals surface area contributed by atoms with Gasteiger partial charge in [0, 0.05) is 0 Å². The third kappa shape index (κ3) is 1.93. The summed E-state index contributed by atoms with van der Waals surface area (Å²) in [5, 5.41) is 29.0. The topological polar surface area (TPSA) is 140 Å². The van der Waals surface area contributed by atoms with Crippen LogP contribution in [0.1, 0.15) is 6.23 Å². The van der Waals surface area contributed by atoms with Crippen LogP contribution in [-0.2, 0) is 4.74 Å². The third-order valence-corrected chi connectivity index (χ3v) is 3.43. The maximum Gasteiger partial charge on any atom is 0.188 e. The number of ether oxygens (including phenoxy) is 1. The van der Waals surface area contributed by atoms with Gasteiger partial charge >= 0.3 is 0 Å².